The van der Waals surface area contributed by atoms with E-state index in [9.17, 15) is 5.26 Å². The minimum Gasteiger partial charge on any atom is -0.497 e. The molecule has 0 aliphatic heterocycles. The lowest BCUT2D eigenvalue weighted by atomic mass is 10.1. The molecule has 0 atom stereocenters. The lowest BCUT2D eigenvalue weighted by molar-refractivity contribution is 0.414. The maximum Gasteiger partial charge on any atom is 0.121 e. The van der Waals surface area contributed by atoms with E-state index >= 15 is 0 Å². The zero-order chi connectivity index (χ0) is 14.4. The Labute approximate surface area is 120 Å². The van der Waals surface area contributed by atoms with Crippen molar-refractivity contribution in [2.75, 3.05) is 18.6 Å². The summed E-state index contributed by atoms with van der Waals surface area (Å²) in [6.45, 7) is 3.69. The molecule has 2 rings (SSSR count). The van der Waals surface area contributed by atoms with E-state index in [4.69, 9.17) is 4.74 Å². The monoisotopic (exact) mass is 266 g/mol. The maximum atomic E-state index is 9.28. The molecule has 102 valence electrons. The number of hydrogen-bond acceptors (Lipinski definition) is 3. The van der Waals surface area contributed by atoms with Crippen molar-refractivity contribution in [1.29, 1.82) is 5.26 Å². The molecule has 0 spiro atoms. The summed E-state index contributed by atoms with van der Waals surface area (Å²) in [6, 6.07) is 18.0. The summed E-state index contributed by atoms with van der Waals surface area (Å²) in [5, 5.41) is 9.28. The molecular formula is C17H18N2O. The van der Waals surface area contributed by atoms with Crippen LogP contribution in [0.3, 0.4) is 0 Å². The Bertz CT molecular complexity index is 602. The summed E-state index contributed by atoms with van der Waals surface area (Å²) in [5.41, 5.74) is 2.81. The fourth-order valence-corrected chi connectivity index (χ4v) is 2.17. The van der Waals surface area contributed by atoms with Crippen LogP contribution >= 0.6 is 0 Å². The average molecular weight is 266 g/mol. The van der Waals surface area contributed by atoms with Crippen LogP contribution in [0.5, 0.6) is 5.75 Å². The van der Waals surface area contributed by atoms with Crippen LogP contribution in [0.1, 0.15) is 18.1 Å². The van der Waals surface area contributed by atoms with Crippen molar-refractivity contribution in [3.63, 3.8) is 0 Å². The summed E-state index contributed by atoms with van der Waals surface area (Å²) in [6.07, 6.45) is 0. The van der Waals surface area contributed by atoms with E-state index in [0.29, 0.717) is 5.56 Å². The van der Waals surface area contributed by atoms with Gasteiger partial charge in [-0.2, -0.15) is 5.26 Å². The van der Waals surface area contributed by atoms with Gasteiger partial charge in [-0.15, -0.1) is 0 Å². The molecule has 0 unspecified atom stereocenters. The molecule has 0 bridgehead atoms. The van der Waals surface area contributed by atoms with E-state index in [1.54, 1.807) is 7.11 Å². The van der Waals surface area contributed by atoms with E-state index < -0.39 is 0 Å². The molecule has 3 nitrogen and oxygen atoms in total. The molecule has 20 heavy (non-hydrogen) atoms. The Morgan fingerprint density at radius 2 is 1.90 bits per heavy atom. The van der Waals surface area contributed by atoms with E-state index in [2.05, 4.69) is 30.0 Å². The predicted molar refractivity (Wildman–Crippen MR) is 80.9 cm³/mol. The highest BCUT2D eigenvalue weighted by molar-refractivity contribution is 5.62. The van der Waals surface area contributed by atoms with Gasteiger partial charge in [0.2, 0.25) is 0 Å². The van der Waals surface area contributed by atoms with Crippen molar-refractivity contribution in [1.82, 2.24) is 0 Å². The zero-order valence-electron chi connectivity index (χ0n) is 11.8. The first-order chi connectivity index (χ1) is 9.78. The van der Waals surface area contributed by atoms with E-state index in [1.807, 2.05) is 36.4 Å². The third kappa shape index (κ3) is 3.10. The quantitative estimate of drug-likeness (QED) is 0.829. The van der Waals surface area contributed by atoms with Crippen LogP contribution in [-0.4, -0.2) is 13.7 Å². The predicted octanol–water partition coefficient (Wildman–Crippen LogP) is 3.59. The van der Waals surface area contributed by atoms with Crippen molar-refractivity contribution < 1.29 is 4.74 Å². The van der Waals surface area contributed by atoms with E-state index in [1.165, 1.54) is 5.56 Å². The summed E-state index contributed by atoms with van der Waals surface area (Å²) < 4.78 is 5.26. The van der Waals surface area contributed by atoms with Crippen LogP contribution in [0.25, 0.3) is 0 Å². The van der Waals surface area contributed by atoms with Crippen molar-refractivity contribution in [2.45, 2.75) is 13.5 Å². The molecule has 3 heteroatoms. The Morgan fingerprint density at radius 1 is 1.15 bits per heavy atom. The first kappa shape index (κ1) is 14.0. The summed E-state index contributed by atoms with van der Waals surface area (Å²) in [4.78, 5) is 2.18. The van der Waals surface area contributed by atoms with E-state index in [-0.39, 0.29) is 0 Å². The van der Waals surface area contributed by atoms with Crippen LogP contribution in [0.15, 0.2) is 48.5 Å². The van der Waals surface area contributed by atoms with Gasteiger partial charge in [0.1, 0.15) is 11.8 Å². The van der Waals surface area contributed by atoms with Gasteiger partial charge in [0.25, 0.3) is 0 Å². The van der Waals surface area contributed by atoms with Crippen molar-refractivity contribution >= 4 is 5.69 Å². The molecule has 2 aromatic carbocycles. The van der Waals surface area contributed by atoms with Gasteiger partial charge in [-0.3, -0.25) is 0 Å². The van der Waals surface area contributed by atoms with Gasteiger partial charge in [-0.05, 0) is 24.6 Å². The zero-order valence-corrected chi connectivity index (χ0v) is 11.8. The van der Waals surface area contributed by atoms with Crippen molar-refractivity contribution in [2.24, 2.45) is 0 Å². The van der Waals surface area contributed by atoms with Crippen molar-refractivity contribution in [3.05, 3.63) is 59.7 Å². The number of hydrogen-bond donors (Lipinski definition) is 0. The topological polar surface area (TPSA) is 36.3 Å². The fraction of sp³-hybridized carbons (Fsp3) is 0.235. The SMILES string of the molecule is CCN(Cc1ccccc1)c1cc(OC)ccc1C#N. The number of ether oxygens (including phenoxy) is 1. The molecule has 0 radical (unpaired) electrons. The van der Waals surface area contributed by atoms with Crippen LogP contribution in [-0.2, 0) is 6.54 Å². The first-order valence-corrected chi connectivity index (χ1v) is 6.65. The molecular weight excluding hydrogens is 248 g/mol. The van der Waals surface area contributed by atoms with Crippen LogP contribution in [0, 0.1) is 11.3 Å². The van der Waals surface area contributed by atoms with Gasteiger partial charge in [0.15, 0.2) is 0 Å². The average Bonchev–Trinajstić information content (AvgIpc) is 2.53. The number of nitrogens with zero attached hydrogens (tertiary/aromatic N) is 2. The van der Waals surface area contributed by atoms with E-state index in [0.717, 1.165) is 24.5 Å². The van der Waals surface area contributed by atoms with Crippen LogP contribution in [0.2, 0.25) is 0 Å². The lowest BCUT2D eigenvalue weighted by Gasteiger charge is -2.24. The Morgan fingerprint density at radius 3 is 2.50 bits per heavy atom. The van der Waals surface area contributed by atoms with Gasteiger partial charge in [0, 0.05) is 19.2 Å². The summed E-state index contributed by atoms with van der Waals surface area (Å²) >= 11 is 0. The molecule has 0 aliphatic rings. The fourth-order valence-electron chi connectivity index (χ4n) is 2.17. The normalized spacial score (nSPS) is 9.85. The molecule has 0 fully saturated rings. The molecule has 0 aliphatic carbocycles. The highest BCUT2D eigenvalue weighted by Crippen LogP contribution is 2.26. The summed E-state index contributed by atoms with van der Waals surface area (Å²) in [7, 11) is 1.64. The number of rotatable bonds is 5. The number of methoxy groups -OCH3 is 1. The molecule has 0 heterocycles. The van der Waals surface area contributed by atoms with Crippen LogP contribution in [0.4, 0.5) is 5.69 Å². The molecule has 0 amide bonds. The lowest BCUT2D eigenvalue weighted by Crippen LogP contribution is -2.23. The van der Waals surface area contributed by atoms with Gasteiger partial charge < -0.3 is 9.64 Å². The maximum absolute atomic E-state index is 9.28. The molecule has 0 saturated carbocycles. The third-order valence-corrected chi connectivity index (χ3v) is 3.26. The second-order valence-corrected chi connectivity index (χ2v) is 4.49. The highest BCUT2D eigenvalue weighted by Gasteiger charge is 2.11. The highest BCUT2D eigenvalue weighted by atomic mass is 16.5. The second kappa shape index (κ2) is 6.63. The largest absolute Gasteiger partial charge is 0.497 e. The first-order valence-electron chi connectivity index (χ1n) is 6.65. The molecule has 0 aromatic heterocycles. The minimum atomic E-state index is 0.670. The standard InChI is InChI=1S/C17H18N2O/c1-3-19(13-14-7-5-4-6-8-14)17-11-16(20-2)10-9-15(17)12-18/h4-11H,3,13H2,1-2H3. The smallest absolute Gasteiger partial charge is 0.121 e. The Hall–Kier alpha value is -2.47. The Balaban J connectivity index is 2.33. The van der Waals surface area contributed by atoms with Gasteiger partial charge in [-0.25, -0.2) is 0 Å². The third-order valence-electron chi connectivity index (χ3n) is 3.26. The minimum absolute atomic E-state index is 0.670. The van der Waals surface area contributed by atoms with Crippen LogP contribution < -0.4 is 9.64 Å². The van der Waals surface area contributed by atoms with Gasteiger partial charge >= 0.3 is 0 Å². The van der Waals surface area contributed by atoms with Gasteiger partial charge in [0.05, 0.1) is 18.4 Å². The molecule has 2 aromatic rings. The second-order valence-electron chi connectivity index (χ2n) is 4.49. The number of anilines is 1. The summed E-state index contributed by atoms with van der Waals surface area (Å²) in [5.74, 6) is 0.769. The Kier molecular flexibility index (Phi) is 4.62. The number of benzene rings is 2. The van der Waals surface area contributed by atoms with Gasteiger partial charge in [-0.1, -0.05) is 30.3 Å². The molecule has 0 N–H and O–H groups in total. The van der Waals surface area contributed by atoms with Crippen molar-refractivity contribution in [3.8, 4) is 11.8 Å². The number of nitriles is 1. The molecule has 0 saturated heterocycles.